The number of piperidine rings is 1. The summed E-state index contributed by atoms with van der Waals surface area (Å²) < 4.78 is 32.1. The van der Waals surface area contributed by atoms with Crippen LogP contribution in [0.1, 0.15) is 42.2 Å². The number of carbonyl (C=O) groups excluding carboxylic acids is 2. The Morgan fingerprint density at radius 2 is 1.80 bits per heavy atom. The number of hydrogen-bond donors (Lipinski definition) is 1. The summed E-state index contributed by atoms with van der Waals surface area (Å²) in [6.45, 7) is 1.09. The van der Waals surface area contributed by atoms with Gasteiger partial charge >= 0.3 is 5.97 Å². The van der Waals surface area contributed by atoms with Crippen molar-refractivity contribution < 1.29 is 22.7 Å². The molecule has 7 nitrogen and oxygen atoms in total. The molecular weight excluding hydrogens is 424 g/mol. The first-order chi connectivity index (χ1) is 14.4. The average molecular weight is 451 g/mol. The molecule has 1 aliphatic heterocycles. The van der Waals surface area contributed by atoms with Crippen LogP contribution in [0.2, 0.25) is 0 Å². The standard InChI is InChI=1S/C21H26N2O5S2/c1-28-20(25)15-18(16-8-4-2-5-9-16)22-19(24)14-17-10-11-21(29-17)30(26,27)23-12-6-3-7-13-23/h2,4-5,8-11,18H,3,6-7,12-15H2,1H3,(H,22,24). The van der Waals surface area contributed by atoms with Gasteiger partial charge in [0.15, 0.2) is 0 Å². The predicted molar refractivity (Wildman–Crippen MR) is 115 cm³/mol. The summed E-state index contributed by atoms with van der Waals surface area (Å²) in [6.07, 6.45) is 2.87. The van der Waals surface area contributed by atoms with Crippen molar-refractivity contribution in [2.75, 3.05) is 20.2 Å². The van der Waals surface area contributed by atoms with Gasteiger partial charge < -0.3 is 10.1 Å². The lowest BCUT2D eigenvalue weighted by Crippen LogP contribution is -2.35. The average Bonchev–Trinajstić information content (AvgIpc) is 3.23. The summed E-state index contributed by atoms with van der Waals surface area (Å²) in [6, 6.07) is 11.9. The summed E-state index contributed by atoms with van der Waals surface area (Å²) in [5.74, 6) is -0.702. The number of esters is 1. The number of ether oxygens (including phenoxy) is 1. The van der Waals surface area contributed by atoms with Crippen LogP contribution in [0.5, 0.6) is 0 Å². The van der Waals surface area contributed by atoms with E-state index in [9.17, 15) is 18.0 Å². The van der Waals surface area contributed by atoms with Crippen LogP contribution in [0.4, 0.5) is 0 Å². The van der Waals surface area contributed by atoms with Gasteiger partial charge in [0.1, 0.15) is 4.21 Å². The van der Waals surface area contributed by atoms with E-state index in [1.807, 2.05) is 30.3 Å². The number of amides is 1. The second kappa shape index (κ2) is 10.2. The maximum Gasteiger partial charge on any atom is 0.307 e. The van der Waals surface area contributed by atoms with Gasteiger partial charge in [0.05, 0.1) is 26.0 Å². The molecule has 1 N–H and O–H groups in total. The Morgan fingerprint density at radius 1 is 1.10 bits per heavy atom. The molecule has 0 aliphatic carbocycles. The second-order valence-corrected chi connectivity index (χ2v) is 10.5. The van der Waals surface area contributed by atoms with Gasteiger partial charge in [0.2, 0.25) is 5.91 Å². The van der Waals surface area contributed by atoms with Gasteiger partial charge in [-0.3, -0.25) is 9.59 Å². The third kappa shape index (κ3) is 5.68. The molecule has 0 spiro atoms. The molecule has 0 radical (unpaired) electrons. The van der Waals surface area contributed by atoms with Crippen LogP contribution in [0.15, 0.2) is 46.7 Å². The summed E-state index contributed by atoms with van der Waals surface area (Å²) in [5.41, 5.74) is 0.802. The molecule has 162 valence electrons. The van der Waals surface area contributed by atoms with Gasteiger partial charge in [0, 0.05) is 18.0 Å². The zero-order valence-electron chi connectivity index (χ0n) is 16.9. The second-order valence-electron chi connectivity index (χ2n) is 7.17. The molecule has 1 aromatic carbocycles. The van der Waals surface area contributed by atoms with Crippen molar-refractivity contribution in [3.05, 3.63) is 52.9 Å². The molecule has 1 unspecified atom stereocenters. The van der Waals surface area contributed by atoms with Gasteiger partial charge in [-0.15, -0.1) is 11.3 Å². The number of rotatable bonds is 8. The summed E-state index contributed by atoms with van der Waals surface area (Å²) >= 11 is 1.12. The van der Waals surface area contributed by atoms with Crippen LogP contribution in [0.3, 0.4) is 0 Å². The van der Waals surface area contributed by atoms with Crippen molar-refractivity contribution in [2.45, 2.75) is 42.4 Å². The van der Waals surface area contributed by atoms with Crippen molar-refractivity contribution in [2.24, 2.45) is 0 Å². The zero-order valence-corrected chi connectivity index (χ0v) is 18.5. The third-order valence-corrected chi connectivity index (χ3v) is 8.47. The number of benzene rings is 1. The van der Waals surface area contributed by atoms with E-state index in [-0.39, 0.29) is 23.0 Å². The molecule has 1 amide bonds. The fourth-order valence-corrected chi connectivity index (χ4v) is 6.44. The first kappa shape index (κ1) is 22.5. The molecule has 3 rings (SSSR count). The van der Waals surface area contributed by atoms with E-state index in [2.05, 4.69) is 5.32 Å². The molecule has 1 saturated heterocycles. The first-order valence-corrected chi connectivity index (χ1v) is 12.2. The largest absolute Gasteiger partial charge is 0.469 e. The van der Waals surface area contributed by atoms with Crippen LogP contribution < -0.4 is 5.32 Å². The highest BCUT2D eigenvalue weighted by atomic mass is 32.2. The Labute approximate surface area is 181 Å². The zero-order chi connectivity index (χ0) is 21.6. The Morgan fingerprint density at radius 3 is 2.47 bits per heavy atom. The minimum Gasteiger partial charge on any atom is -0.469 e. The molecule has 2 aromatic rings. The molecule has 1 atom stereocenters. The Bertz CT molecular complexity index is 966. The monoisotopic (exact) mass is 450 g/mol. The number of nitrogens with zero attached hydrogens (tertiary/aromatic N) is 1. The number of hydrogen-bond acceptors (Lipinski definition) is 6. The van der Waals surface area contributed by atoms with Gasteiger partial charge in [-0.25, -0.2) is 8.42 Å². The lowest BCUT2D eigenvalue weighted by molar-refractivity contribution is -0.141. The molecule has 9 heteroatoms. The molecule has 1 fully saturated rings. The van der Waals surface area contributed by atoms with Crippen LogP contribution in [0, 0.1) is 0 Å². The van der Waals surface area contributed by atoms with Crippen molar-refractivity contribution in [1.82, 2.24) is 9.62 Å². The van der Waals surface area contributed by atoms with Gasteiger partial charge in [0.25, 0.3) is 10.0 Å². The Hall–Kier alpha value is -2.23. The lowest BCUT2D eigenvalue weighted by atomic mass is 10.0. The van der Waals surface area contributed by atoms with Crippen molar-refractivity contribution in [3.63, 3.8) is 0 Å². The topological polar surface area (TPSA) is 92.8 Å². The predicted octanol–water partition coefficient (Wildman–Crippen LogP) is 2.89. The summed E-state index contributed by atoms with van der Waals surface area (Å²) in [5, 5.41) is 2.87. The van der Waals surface area contributed by atoms with Crippen LogP contribution >= 0.6 is 11.3 Å². The molecule has 1 aliphatic rings. The summed E-state index contributed by atoms with van der Waals surface area (Å²) in [4.78, 5) is 25.0. The maximum atomic E-state index is 12.8. The van der Waals surface area contributed by atoms with E-state index < -0.39 is 22.0 Å². The highest BCUT2D eigenvalue weighted by Crippen LogP contribution is 2.27. The molecule has 0 saturated carbocycles. The highest BCUT2D eigenvalue weighted by molar-refractivity contribution is 7.91. The van der Waals surface area contributed by atoms with E-state index in [4.69, 9.17) is 4.74 Å². The quantitative estimate of drug-likeness (QED) is 0.625. The highest BCUT2D eigenvalue weighted by Gasteiger charge is 2.27. The van der Waals surface area contributed by atoms with E-state index in [1.165, 1.54) is 11.4 Å². The van der Waals surface area contributed by atoms with Gasteiger partial charge in [-0.05, 0) is 30.5 Å². The third-order valence-electron chi connectivity index (χ3n) is 5.02. The van der Waals surface area contributed by atoms with Gasteiger partial charge in [-0.1, -0.05) is 36.8 Å². The van der Waals surface area contributed by atoms with Crippen molar-refractivity contribution >= 4 is 33.2 Å². The smallest absolute Gasteiger partial charge is 0.307 e. The van der Waals surface area contributed by atoms with Crippen LogP contribution in [0.25, 0.3) is 0 Å². The Kier molecular flexibility index (Phi) is 7.63. The molecule has 1 aromatic heterocycles. The first-order valence-electron chi connectivity index (χ1n) is 9.90. The van der Waals surface area contributed by atoms with Crippen LogP contribution in [-0.4, -0.2) is 44.8 Å². The number of carbonyl (C=O) groups is 2. The van der Waals surface area contributed by atoms with E-state index in [1.54, 1.807) is 12.1 Å². The molecule has 30 heavy (non-hydrogen) atoms. The minimum atomic E-state index is -3.50. The minimum absolute atomic E-state index is 0.0191. The Balaban J connectivity index is 1.67. The van der Waals surface area contributed by atoms with E-state index in [0.29, 0.717) is 18.0 Å². The molecule has 2 heterocycles. The maximum absolute atomic E-state index is 12.8. The summed E-state index contributed by atoms with van der Waals surface area (Å²) in [7, 11) is -2.20. The van der Waals surface area contributed by atoms with E-state index >= 15 is 0 Å². The SMILES string of the molecule is COC(=O)CC(NC(=O)Cc1ccc(S(=O)(=O)N2CCCCC2)s1)c1ccccc1. The molecule has 0 bridgehead atoms. The number of methoxy groups -OCH3 is 1. The fraction of sp³-hybridized carbons (Fsp3) is 0.429. The van der Waals surface area contributed by atoms with Crippen molar-refractivity contribution in [3.8, 4) is 0 Å². The number of nitrogens with one attached hydrogen (secondary N) is 1. The lowest BCUT2D eigenvalue weighted by Gasteiger charge is -2.25. The normalized spacial score (nSPS) is 16.0. The van der Waals surface area contributed by atoms with Gasteiger partial charge in [-0.2, -0.15) is 4.31 Å². The fourth-order valence-electron chi connectivity index (χ4n) is 3.42. The number of sulfonamides is 1. The van der Waals surface area contributed by atoms with Crippen LogP contribution in [-0.2, 0) is 30.8 Å². The molecular formula is C21H26N2O5S2. The van der Waals surface area contributed by atoms with Crippen molar-refractivity contribution in [1.29, 1.82) is 0 Å². The van der Waals surface area contributed by atoms with E-state index in [0.717, 1.165) is 36.2 Å². The number of thiophene rings is 1.